The van der Waals surface area contributed by atoms with Crippen molar-refractivity contribution in [3.63, 3.8) is 0 Å². The van der Waals surface area contributed by atoms with Crippen LogP contribution in [0.5, 0.6) is 0 Å². The molecule has 0 spiro atoms. The third-order valence-corrected chi connectivity index (χ3v) is 6.66. The zero-order valence-corrected chi connectivity index (χ0v) is 19.0. The summed E-state index contributed by atoms with van der Waals surface area (Å²) >= 11 is 0. The number of hydrogen-bond acceptors (Lipinski definition) is 4. The lowest BCUT2D eigenvalue weighted by atomic mass is 9.98. The number of carbonyl (C=O) groups is 3. The molecule has 0 aliphatic heterocycles. The van der Waals surface area contributed by atoms with Gasteiger partial charge in [0.15, 0.2) is 6.04 Å². The van der Waals surface area contributed by atoms with Gasteiger partial charge in [-0.2, -0.15) is 0 Å². The van der Waals surface area contributed by atoms with Crippen LogP contribution in [0, 0.1) is 5.92 Å². The minimum absolute atomic E-state index is 0.0410. The first-order valence-corrected chi connectivity index (χ1v) is 11.7. The fourth-order valence-electron chi connectivity index (χ4n) is 4.76. The zero-order chi connectivity index (χ0) is 24.4. The molecule has 0 aromatic heterocycles. The second-order valence-electron chi connectivity index (χ2n) is 8.98. The van der Waals surface area contributed by atoms with Crippen molar-refractivity contribution in [1.82, 2.24) is 10.6 Å². The minimum Gasteiger partial charge on any atom is -0.479 e. The van der Waals surface area contributed by atoms with Crippen molar-refractivity contribution >= 4 is 18.0 Å². The maximum absolute atomic E-state index is 13.0. The summed E-state index contributed by atoms with van der Waals surface area (Å²) in [5.74, 6) is -1.82. The molecular weight excluding hydrogens is 444 g/mol. The molecule has 35 heavy (non-hydrogen) atoms. The van der Waals surface area contributed by atoms with Crippen LogP contribution < -0.4 is 10.6 Å². The van der Waals surface area contributed by atoms with Crippen molar-refractivity contribution in [2.24, 2.45) is 5.92 Å². The molecule has 2 aliphatic carbocycles. The third-order valence-electron chi connectivity index (χ3n) is 6.66. The van der Waals surface area contributed by atoms with Gasteiger partial charge in [0.05, 0.1) is 0 Å². The van der Waals surface area contributed by atoms with Gasteiger partial charge < -0.3 is 20.5 Å². The Kier molecular flexibility index (Phi) is 6.23. The maximum Gasteiger partial charge on any atom is 0.407 e. The molecular formula is C28H26N2O5. The van der Waals surface area contributed by atoms with Crippen molar-refractivity contribution in [2.75, 3.05) is 6.61 Å². The number of carboxylic acid groups (broad SMARTS) is 1. The van der Waals surface area contributed by atoms with Crippen molar-refractivity contribution in [3.05, 3.63) is 95.6 Å². The largest absolute Gasteiger partial charge is 0.479 e. The number of rotatable bonds is 8. The predicted molar refractivity (Wildman–Crippen MR) is 130 cm³/mol. The molecule has 0 saturated heterocycles. The number of ether oxygens (including phenoxy) is 1. The summed E-state index contributed by atoms with van der Waals surface area (Å²) in [5.41, 5.74) is 4.93. The molecule has 5 rings (SSSR count). The van der Waals surface area contributed by atoms with E-state index in [-0.39, 0.29) is 18.4 Å². The highest BCUT2D eigenvalue weighted by molar-refractivity contribution is 5.90. The van der Waals surface area contributed by atoms with Gasteiger partial charge in [-0.3, -0.25) is 4.79 Å². The van der Waals surface area contributed by atoms with E-state index in [1.807, 2.05) is 36.4 Å². The number of nitrogens with one attached hydrogen (secondary N) is 2. The van der Waals surface area contributed by atoms with Gasteiger partial charge in [-0.15, -0.1) is 0 Å². The van der Waals surface area contributed by atoms with Gasteiger partial charge in [0.1, 0.15) is 12.6 Å². The van der Waals surface area contributed by atoms with E-state index in [0.29, 0.717) is 5.56 Å². The predicted octanol–water partition coefficient (Wildman–Crippen LogP) is 4.25. The van der Waals surface area contributed by atoms with E-state index >= 15 is 0 Å². The Morgan fingerprint density at radius 1 is 0.829 bits per heavy atom. The molecule has 3 aromatic carbocycles. The Balaban J connectivity index is 1.25. The number of carbonyl (C=O) groups excluding carboxylic acids is 2. The lowest BCUT2D eigenvalue weighted by Crippen LogP contribution is -2.50. The minimum atomic E-state index is -1.20. The van der Waals surface area contributed by atoms with E-state index in [4.69, 9.17) is 4.74 Å². The van der Waals surface area contributed by atoms with Crippen LogP contribution in [-0.4, -0.2) is 35.7 Å². The van der Waals surface area contributed by atoms with Gasteiger partial charge in [0.25, 0.3) is 0 Å². The quantitative estimate of drug-likeness (QED) is 0.457. The van der Waals surface area contributed by atoms with Gasteiger partial charge in [-0.1, -0.05) is 78.9 Å². The second-order valence-corrected chi connectivity index (χ2v) is 8.98. The molecule has 1 fully saturated rings. The highest BCUT2D eigenvalue weighted by Crippen LogP contribution is 2.44. The summed E-state index contributed by atoms with van der Waals surface area (Å²) in [4.78, 5) is 37.5. The number of benzene rings is 3. The maximum atomic E-state index is 13.0. The van der Waals surface area contributed by atoms with Gasteiger partial charge in [0.2, 0.25) is 5.91 Å². The van der Waals surface area contributed by atoms with Gasteiger partial charge >= 0.3 is 12.1 Å². The Hall–Kier alpha value is -4.13. The summed E-state index contributed by atoms with van der Waals surface area (Å²) in [6, 6.07) is 22.6. The number of fused-ring (bicyclic) bond motifs is 3. The van der Waals surface area contributed by atoms with Crippen molar-refractivity contribution in [3.8, 4) is 11.1 Å². The first-order valence-electron chi connectivity index (χ1n) is 11.7. The summed E-state index contributed by atoms with van der Waals surface area (Å²) < 4.78 is 5.59. The van der Waals surface area contributed by atoms with E-state index in [1.165, 1.54) is 0 Å². The molecule has 3 aromatic rings. The zero-order valence-electron chi connectivity index (χ0n) is 19.0. The number of alkyl carbamates (subject to hydrolysis) is 1. The van der Waals surface area contributed by atoms with Crippen LogP contribution in [0.2, 0.25) is 0 Å². The van der Waals surface area contributed by atoms with Crippen LogP contribution in [0.1, 0.15) is 41.5 Å². The van der Waals surface area contributed by atoms with Crippen LogP contribution >= 0.6 is 0 Å². The SMILES string of the molecule is O=C(NC(C(=O)N[C@H](C(=O)O)c1ccccc1)C1CC1)OCC1c2ccccc2-c2ccccc21. The topological polar surface area (TPSA) is 105 Å². The van der Waals surface area contributed by atoms with E-state index < -0.39 is 30.1 Å². The average Bonchev–Trinajstić information content (AvgIpc) is 3.67. The van der Waals surface area contributed by atoms with Crippen LogP contribution in [0.3, 0.4) is 0 Å². The van der Waals surface area contributed by atoms with E-state index in [1.54, 1.807) is 30.3 Å². The molecule has 1 unspecified atom stereocenters. The molecule has 3 N–H and O–H groups in total. The van der Waals surface area contributed by atoms with E-state index in [2.05, 4.69) is 22.8 Å². The number of carboxylic acids is 1. The smallest absolute Gasteiger partial charge is 0.407 e. The number of hydrogen-bond donors (Lipinski definition) is 3. The van der Waals surface area contributed by atoms with Crippen molar-refractivity contribution in [1.29, 1.82) is 0 Å². The standard InChI is InChI=1S/C28H26N2O5/c31-26(29-25(27(32)33)17-8-2-1-3-9-17)24(18-14-15-18)30-28(34)35-16-23-21-12-6-4-10-19(21)20-11-5-7-13-22(20)23/h1-13,18,23-25H,14-16H2,(H,29,31)(H,30,34)(H,32,33)/t24?,25-/m0/s1. The van der Waals surface area contributed by atoms with Gasteiger partial charge in [-0.05, 0) is 46.6 Å². The van der Waals surface area contributed by atoms with E-state index in [9.17, 15) is 19.5 Å². The lowest BCUT2D eigenvalue weighted by Gasteiger charge is -2.22. The molecule has 2 aliphatic rings. The Morgan fingerprint density at radius 3 is 1.97 bits per heavy atom. The summed E-state index contributed by atoms with van der Waals surface area (Å²) in [6.45, 7) is 0.140. The molecule has 0 bridgehead atoms. The highest BCUT2D eigenvalue weighted by atomic mass is 16.5. The average molecular weight is 471 g/mol. The molecule has 1 saturated carbocycles. The summed E-state index contributed by atoms with van der Waals surface area (Å²) in [7, 11) is 0. The number of aliphatic carboxylic acids is 1. The molecule has 7 heteroatoms. The molecule has 178 valence electrons. The van der Waals surface area contributed by atoms with Crippen LogP contribution in [-0.2, 0) is 14.3 Å². The molecule has 2 amide bonds. The summed E-state index contributed by atoms with van der Waals surface area (Å²) in [5, 5.41) is 14.9. The van der Waals surface area contributed by atoms with E-state index in [0.717, 1.165) is 35.1 Å². The Labute approximate surface area is 203 Å². The summed E-state index contributed by atoms with van der Waals surface area (Å²) in [6.07, 6.45) is 0.876. The Morgan fingerprint density at radius 2 is 1.40 bits per heavy atom. The van der Waals surface area contributed by atoms with Gasteiger partial charge in [-0.25, -0.2) is 9.59 Å². The fraction of sp³-hybridized carbons (Fsp3) is 0.250. The fourth-order valence-corrected chi connectivity index (χ4v) is 4.76. The third kappa shape index (κ3) is 4.75. The van der Waals surface area contributed by atoms with Gasteiger partial charge in [0, 0.05) is 5.92 Å². The number of amides is 2. The molecule has 7 nitrogen and oxygen atoms in total. The molecule has 0 radical (unpaired) electrons. The molecule has 2 atom stereocenters. The van der Waals surface area contributed by atoms with Crippen molar-refractivity contribution < 1.29 is 24.2 Å². The highest BCUT2D eigenvalue weighted by Gasteiger charge is 2.39. The van der Waals surface area contributed by atoms with Crippen LogP contribution in [0.25, 0.3) is 11.1 Å². The molecule has 0 heterocycles. The van der Waals surface area contributed by atoms with Crippen LogP contribution in [0.15, 0.2) is 78.9 Å². The normalized spacial score (nSPS) is 15.9. The first-order chi connectivity index (χ1) is 17.0. The second kappa shape index (κ2) is 9.62. The lowest BCUT2D eigenvalue weighted by molar-refractivity contribution is -0.142. The first kappa shape index (κ1) is 22.7. The van der Waals surface area contributed by atoms with Crippen molar-refractivity contribution in [2.45, 2.75) is 30.8 Å². The Bertz CT molecular complexity index is 1210. The monoisotopic (exact) mass is 470 g/mol. The van der Waals surface area contributed by atoms with Crippen LogP contribution in [0.4, 0.5) is 4.79 Å².